The van der Waals surface area contributed by atoms with Gasteiger partial charge in [-0.1, -0.05) is 0 Å². The summed E-state index contributed by atoms with van der Waals surface area (Å²) in [7, 11) is 0. The van der Waals surface area contributed by atoms with Crippen molar-refractivity contribution in [3.63, 3.8) is 0 Å². The molecular weight excluding hydrogens is 283 g/mol. The van der Waals surface area contributed by atoms with E-state index in [9.17, 15) is 18.0 Å². The van der Waals surface area contributed by atoms with E-state index in [1.54, 1.807) is 0 Å². The maximum atomic E-state index is 12.3. The topological polar surface area (TPSA) is 30.0 Å². The summed E-state index contributed by atoms with van der Waals surface area (Å²) >= 11 is 2.79. The van der Waals surface area contributed by atoms with Crippen molar-refractivity contribution in [3.8, 4) is 0 Å². The summed E-state index contributed by atoms with van der Waals surface area (Å²) in [5, 5.41) is 0. The molecule has 0 unspecified atom stereocenters. The summed E-state index contributed by atoms with van der Waals surface area (Å²) in [4.78, 5) is 15.2. The number of hydrogen-bond acceptors (Lipinski definition) is 4. The van der Waals surface area contributed by atoms with Gasteiger partial charge in [0.25, 0.3) is 0 Å². The quantitative estimate of drug-likeness (QED) is 0.623. The second-order valence-corrected chi connectivity index (χ2v) is 5.12. The van der Waals surface area contributed by atoms with Crippen LogP contribution in [0.4, 0.5) is 13.2 Å². The smallest absolute Gasteiger partial charge is 0.287 e. The van der Waals surface area contributed by atoms with Crippen LogP contribution in [0.5, 0.6) is 0 Å². The summed E-state index contributed by atoms with van der Waals surface area (Å²) in [5.41, 5.74) is -0.860. The van der Waals surface area contributed by atoms with Gasteiger partial charge in [-0.2, -0.15) is 13.2 Å². The summed E-state index contributed by atoms with van der Waals surface area (Å²) in [6.45, 7) is 0. The van der Waals surface area contributed by atoms with Gasteiger partial charge in [0.15, 0.2) is 0 Å². The van der Waals surface area contributed by atoms with Crippen LogP contribution >= 0.6 is 23.5 Å². The van der Waals surface area contributed by atoms with Crippen LogP contribution in [0.25, 0.3) is 0 Å². The zero-order valence-corrected chi connectivity index (χ0v) is 11.2. The van der Waals surface area contributed by atoms with Crippen LogP contribution in [-0.4, -0.2) is 23.3 Å². The number of rotatable bonds is 4. The Morgan fingerprint density at radius 1 is 1.28 bits per heavy atom. The lowest BCUT2D eigenvalue weighted by molar-refractivity contribution is -0.137. The fourth-order valence-corrected chi connectivity index (χ4v) is 2.21. The van der Waals surface area contributed by atoms with Crippen molar-refractivity contribution in [1.82, 2.24) is 4.98 Å². The fourth-order valence-electron chi connectivity index (χ4n) is 1.09. The number of hydrogen-bond donors (Lipinski definition) is 0. The standard InChI is InChI=1S/C11H10F3NOS2/c1-17-10(18-2)5-9(16)8-4-3-7(6-15-8)11(12,13)14/h3-6H,1-2H3. The second kappa shape index (κ2) is 6.29. The van der Waals surface area contributed by atoms with E-state index >= 15 is 0 Å². The Morgan fingerprint density at radius 3 is 2.28 bits per heavy atom. The molecule has 1 aromatic heterocycles. The predicted octanol–water partition coefficient (Wildman–Crippen LogP) is 3.85. The van der Waals surface area contributed by atoms with E-state index in [2.05, 4.69) is 4.98 Å². The number of aromatic nitrogens is 1. The van der Waals surface area contributed by atoms with Gasteiger partial charge in [-0.15, -0.1) is 23.5 Å². The SMILES string of the molecule is CSC(=CC(=O)c1ccc(C(F)(F)F)cn1)SC. The third-order valence-corrected chi connectivity index (χ3v) is 4.04. The maximum absolute atomic E-state index is 12.3. The highest BCUT2D eigenvalue weighted by Gasteiger charge is 2.30. The van der Waals surface area contributed by atoms with Gasteiger partial charge in [0.2, 0.25) is 5.78 Å². The van der Waals surface area contributed by atoms with Crippen molar-refractivity contribution >= 4 is 29.3 Å². The summed E-state index contributed by atoms with van der Waals surface area (Å²) in [6, 6.07) is 1.94. The van der Waals surface area contributed by atoms with Crippen molar-refractivity contribution in [2.24, 2.45) is 0 Å². The van der Waals surface area contributed by atoms with E-state index in [0.29, 0.717) is 6.20 Å². The van der Waals surface area contributed by atoms with Crippen molar-refractivity contribution in [2.45, 2.75) is 6.18 Å². The molecule has 0 bridgehead atoms. The molecule has 0 aliphatic heterocycles. The number of carbonyl (C=O) groups is 1. The monoisotopic (exact) mass is 293 g/mol. The fraction of sp³-hybridized carbons (Fsp3) is 0.273. The second-order valence-electron chi connectivity index (χ2n) is 3.17. The first kappa shape index (κ1) is 15.1. The Bertz CT molecular complexity index is 448. The minimum Gasteiger partial charge on any atom is -0.287 e. The lowest BCUT2D eigenvalue weighted by Gasteiger charge is -2.05. The number of carbonyl (C=O) groups excluding carboxylic acids is 1. The van der Waals surface area contributed by atoms with Gasteiger partial charge >= 0.3 is 6.18 Å². The summed E-state index contributed by atoms with van der Waals surface area (Å²) in [6.07, 6.45) is 1.23. The van der Waals surface area contributed by atoms with Gasteiger partial charge < -0.3 is 0 Å². The minimum atomic E-state index is -4.44. The van der Waals surface area contributed by atoms with Crippen LogP contribution in [-0.2, 0) is 6.18 Å². The first-order valence-electron chi connectivity index (χ1n) is 4.75. The van der Waals surface area contributed by atoms with Gasteiger partial charge in [-0.25, -0.2) is 0 Å². The third kappa shape index (κ3) is 4.06. The highest BCUT2D eigenvalue weighted by atomic mass is 32.2. The molecule has 7 heteroatoms. The lowest BCUT2D eigenvalue weighted by atomic mass is 10.2. The molecule has 0 saturated carbocycles. The molecule has 98 valence electrons. The Morgan fingerprint density at radius 2 is 1.89 bits per heavy atom. The van der Waals surface area contributed by atoms with Gasteiger partial charge in [-0.3, -0.25) is 9.78 Å². The van der Waals surface area contributed by atoms with E-state index in [1.807, 2.05) is 12.5 Å². The van der Waals surface area contributed by atoms with Crippen LogP contribution in [0.2, 0.25) is 0 Å². The molecule has 0 saturated heterocycles. The molecule has 18 heavy (non-hydrogen) atoms. The molecule has 0 aliphatic carbocycles. The number of ketones is 1. The number of alkyl halides is 3. The highest BCUT2D eigenvalue weighted by Crippen LogP contribution is 2.28. The van der Waals surface area contributed by atoms with Crippen LogP contribution in [0.1, 0.15) is 16.1 Å². The predicted molar refractivity (Wildman–Crippen MR) is 68.7 cm³/mol. The van der Waals surface area contributed by atoms with Gasteiger partial charge in [0.05, 0.1) is 5.56 Å². The van der Waals surface area contributed by atoms with Crippen LogP contribution in [0.15, 0.2) is 28.6 Å². The maximum Gasteiger partial charge on any atom is 0.417 e. The molecule has 0 aromatic carbocycles. The molecule has 0 N–H and O–H groups in total. The molecular formula is C11H10F3NOS2. The van der Waals surface area contributed by atoms with E-state index in [1.165, 1.54) is 29.6 Å². The number of pyridine rings is 1. The number of thioether (sulfide) groups is 2. The largest absolute Gasteiger partial charge is 0.417 e. The van der Waals surface area contributed by atoms with Crippen LogP contribution < -0.4 is 0 Å². The van der Waals surface area contributed by atoms with E-state index < -0.39 is 17.5 Å². The van der Waals surface area contributed by atoms with E-state index in [-0.39, 0.29) is 5.69 Å². The molecule has 1 heterocycles. The Balaban J connectivity index is 2.93. The van der Waals surface area contributed by atoms with Crippen molar-refractivity contribution in [3.05, 3.63) is 39.9 Å². The summed E-state index contributed by atoms with van der Waals surface area (Å²) < 4.78 is 37.7. The Hall–Kier alpha value is -0.950. The molecule has 0 spiro atoms. The molecule has 0 atom stereocenters. The van der Waals surface area contributed by atoms with Crippen molar-refractivity contribution in [2.75, 3.05) is 12.5 Å². The first-order chi connectivity index (χ1) is 8.38. The number of allylic oxidation sites excluding steroid dienone is 1. The van der Waals surface area contributed by atoms with E-state index in [0.717, 1.165) is 16.4 Å². The molecule has 0 aliphatic rings. The summed E-state index contributed by atoms with van der Waals surface area (Å²) in [5.74, 6) is -0.401. The third-order valence-electron chi connectivity index (χ3n) is 1.99. The normalized spacial score (nSPS) is 11.2. The van der Waals surface area contributed by atoms with E-state index in [4.69, 9.17) is 0 Å². The van der Waals surface area contributed by atoms with Crippen LogP contribution in [0.3, 0.4) is 0 Å². The van der Waals surface area contributed by atoms with Crippen molar-refractivity contribution < 1.29 is 18.0 Å². The van der Waals surface area contributed by atoms with Crippen molar-refractivity contribution in [1.29, 1.82) is 0 Å². The van der Waals surface area contributed by atoms with Gasteiger partial charge in [0, 0.05) is 16.5 Å². The Kier molecular flexibility index (Phi) is 5.28. The average molecular weight is 293 g/mol. The average Bonchev–Trinajstić information content (AvgIpc) is 2.34. The molecule has 1 aromatic rings. The number of nitrogens with zero attached hydrogens (tertiary/aromatic N) is 1. The molecule has 0 amide bonds. The molecule has 0 fully saturated rings. The first-order valence-corrected chi connectivity index (χ1v) is 7.20. The molecule has 0 radical (unpaired) electrons. The van der Waals surface area contributed by atoms with Gasteiger partial charge in [-0.05, 0) is 24.6 Å². The van der Waals surface area contributed by atoms with Crippen LogP contribution in [0, 0.1) is 0 Å². The van der Waals surface area contributed by atoms with Gasteiger partial charge in [0.1, 0.15) is 5.69 Å². The molecule has 1 rings (SSSR count). The highest BCUT2D eigenvalue weighted by molar-refractivity contribution is 8.21. The Labute approximate surface area is 111 Å². The minimum absolute atomic E-state index is 0.00333. The molecule has 2 nitrogen and oxygen atoms in total. The zero-order valence-electron chi connectivity index (χ0n) is 9.62. The zero-order chi connectivity index (χ0) is 13.8. The lowest BCUT2D eigenvalue weighted by Crippen LogP contribution is -2.07. The number of halogens is 3.